The topological polar surface area (TPSA) is 66.6 Å². The van der Waals surface area contributed by atoms with Gasteiger partial charge in [0.2, 0.25) is 11.8 Å². The number of carbonyl (C=O) groups is 2. The average molecular weight is 333 g/mol. The summed E-state index contributed by atoms with van der Waals surface area (Å²) in [6, 6.07) is 9.46. The van der Waals surface area contributed by atoms with Gasteiger partial charge in [-0.3, -0.25) is 14.5 Å². The zero-order valence-electron chi connectivity index (χ0n) is 13.7. The second-order valence-electron chi connectivity index (χ2n) is 6.78. The summed E-state index contributed by atoms with van der Waals surface area (Å²) < 4.78 is 13.6. The highest BCUT2D eigenvalue weighted by Gasteiger charge is 2.41. The number of likely N-dealkylation sites (tertiary alicyclic amines) is 2. The first kappa shape index (κ1) is 16.9. The summed E-state index contributed by atoms with van der Waals surface area (Å²) in [7, 11) is 0. The van der Waals surface area contributed by atoms with Crippen LogP contribution >= 0.6 is 0 Å². The van der Waals surface area contributed by atoms with Gasteiger partial charge < -0.3 is 10.6 Å². The molecule has 0 radical (unpaired) electrons. The van der Waals surface area contributed by atoms with Crippen LogP contribution < -0.4 is 5.73 Å². The van der Waals surface area contributed by atoms with Crippen LogP contribution in [0.2, 0.25) is 0 Å². The molecule has 0 saturated carbocycles. The number of primary amides is 1. The Labute approximate surface area is 141 Å². The highest BCUT2D eigenvalue weighted by atomic mass is 19.1. The molecule has 0 aliphatic carbocycles. The highest BCUT2D eigenvalue weighted by Crippen LogP contribution is 2.27. The van der Waals surface area contributed by atoms with E-state index in [1.54, 1.807) is 0 Å². The van der Waals surface area contributed by atoms with Crippen molar-refractivity contribution in [2.45, 2.75) is 38.0 Å². The van der Waals surface area contributed by atoms with Crippen LogP contribution in [-0.4, -0.2) is 53.5 Å². The highest BCUT2D eigenvalue weighted by molar-refractivity contribution is 5.88. The lowest BCUT2D eigenvalue weighted by Crippen LogP contribution is -2.48. The Hall–Kier alpha value is -1.95. The Morgan fingerprint density at radius 3 is 2.46 bits per heavy atom. The van der Waals surface area contributed by atoms with E-state index in [0.717, 1.165) is 32.5 Å². The maximum Gasteiger partial charge on any atom is 0.240 e. The number of nitrogens with two attached hydrogens (primary N) is 1. The minimum atomic E-state index is -1.15. The van der Waals surface area contributed by atoms with E-state index in [0.29, 0.717) is 0 Å². The van der Waals surface area contributed by atoms with E-state index < -0.39 is 18.1 Å². The summed E-state index contributed by atoms with van der Waals surface area (Å²) in [4.78, 5) is 27.8. The number of amides is 2. The third-order valence-electron chi connectivity index (χ3n) is 5.05. The molecule has 2 fully saturated rings. The number of alkyl halides is 1. The fourth-order valence-corrected chi connectivity index (χ4v) is 3.71. The number of rotatable bonds is 4. The molecule has 2 aliphatic rings. The van der Waals surface area contributed by atoms with Crippen LogP contribution in [0.4, 0.5) is 4.39 Å². The summed E-state index contributed by atoms with van der Waals surface area (Å²) in [5, 5.41) is 0. The number of hydrogen-bond donors (Lipinski definition) is 1. The van der Waals surface area contributed by atoms with E-state index >= 15 is 0 Å². The van der Waals surface area contributed by atoms with Gasteiger partial charge in [0.05, 0.1) is 6.54 Å². The Bertz CT molecular complexity index is 587. The molecule has 2 heterocycles. The zero-order chi connectivity index (χ0) is 17.1. The Kier molecular flexibility index (Phi) is 5.14. The second kappa shape index (κ2) is 7.30. The Morgan fingerprint density at radius 1 is 1.17 bits per heavy atom. The van der Waals surface area contributed by atoms with E-state index in [2.05, 4.69) is 17.0 Å². The monoisotopic (exact) mass is 333 g/mol. The molecule has 2 saturated heterocycles. The quantitative estimate of drug-likeness (QED) is 0.904. The number of carbonyl (C=O) groups excluding carboxylic acids is 2. The molecular formula is C18H24FN3O2. The van der Waals surface area contributed by atoms with Crippen LogP contribution in [0.25, 0.3) is 0 Å². The Morgan fingerprint density at radius 2 is 1.83 bits per heavy atom. The smallest absolute Gasteiger partial charge is 0.240 e. The van der Waals surface area contributed by atoms with Gasteiger partial charge in [-0.25, -0.2) is 4.39 Å². The van der Waals surface area contributed by atoms with Crippen LogP contribution in [0, 0.1) is 5.92 Å². The molecule has 3 rings (SSSR count). The van der Waals surface area contributed by atoms with Crippen molar-refractivity contribution in [3.05, 3.63) is 35.9 Å². The molecule has 130 valence electrons. The molecule has 6 heteroatoms. The van der Waals surface area contributed by atoms with Gasteiger partial charge in [0.15, 0.2) is 0 Å². The molecule has 2 N–H and O–H groups in total. The molecule has 0 spiro atoms. The molecule has 1 aromatic rings. The Balaban J connectivity index is 1.54. The van der Waals surface area contributed by atoms with Crippen molar-refractivity contribution in [3.8, 4) is 0 Å². The minimum Gasteiger partial charge on any atom is -0.368 e. The standard InChI is InChI=1S/C18H24FN3O2/c19-15-10-16(17(20)23)22(12-15)18(24)14-6-8-21(9-7-14)11-13-4-2-1-3-5-13/h1-5,14-16H,6-12H2,(H2,20,23)/t15-,16+/m1/s1. The normalized spacial score (nSPS) is 25.8. The van der Waals surface area contributed by atoms with Crippen molar-refractivity contribution < 1.29 is 14.0 Å². The summed E-state index contributed by atoms with van der Waals surface area (Å²) >= 11 is 0. The predicted molar refractivity (Wildman–Crippen MR) is 88.7 cm³/mol. The fourth-order valence-electron chi connectivity index (χ4n) is 3.71. The van der Waals surface area contributed by atoms with Gasteiger partial charge >= 0.3 is 0 Å². The summed E-state index contributed by atoms with van der Waals surface area (Å²) in [6.45, 7) is 2.54. The van der Waals surface area contributed by atoms with E-state index in [4.69, 9.17) is 5.73 Å². The van der Waals surface area contributed by atoms with Gasteiger partial charge in [0.1, 0.15) is 12.2 Å². The maximum atomic E-state index is 13.6. The average Bonchev–Trinajstić information content (AvgIpc) is 2.98. The number of hydrogen-bond acceptors (Lipinski definition) is 3. The third-order valence-corrected chi connectivity index (χ3v) is 5.05. The van der Waals surface area contributed by atoms with Gasteiger partial charge in [-0.15, -0.1) is 0 Å². The zero-order valence-corrected chi connectivity index (χ0v) is 13.7. The molecule has 2 aliphatic heterocycles. The molecule has 5 nitrogen and oxygen atoms in total. The van der Waals surface area contributed by atoms with E-state index in [1.807, 2.05) is 18.2 Å². The molecule has 0 unspecified atom stereocenters. The lowest BCUT2D eigenvalue weighted by molar-refractivity contribution is -0.142. The van der Waals surface area contributed by atoms with Crippen molar-refractivity contribution in [1.82, 2.24) is 9.80 Å². The fraction of sp³-hybridized carbons (Fsp3) is 0.556. The van der Waals surface area contributed by atoms with Gasteiger partial charge in [-0.05, 0) is 31.5 Å². The van der Waals surface area contributed by atoms with Crippen molar-refractivity contribution in [2.24, 2.45) is 11.7 Å². The van der Waals surface area contributed by atoms with Crippen molar-refractivity contribution in [2.75, 3.05) is 19.6 Å². The molecule has 0 bridgehead atoms. The lowest BCUT2D eigenvalue weighted by Gasteiger charge is -2.34. The van der Waals surface area contributed by atoms with Crippen LogP contribution in [0.15, 0.2) is 30.3 Å². The van der Waals surface area contributed by atoms with Crippen LogP contribution in [0.3, 0.4) is 0 Å². The molecular weight excluding hydrogens is 309 g/mol. The SMILES string of the molecule is NC(=O)[C@@H]1C[C@@H](F)CN1C(=O)C1CCN(Cc2ccccc2)CC1. The van der Waals surface area contributed by atoms with Gasteiger partial charge in [0.25, 0.3) is 0 Å². The van der Waals surface area contributed by atoms with E-state index in [1.165, 1.54) is 10.5 Å². The summed E-state index contributed by atoms with van der Waals surface area (Å²) in [5.74, 6) is -0.854. The van der Waals surface area contributed by atoms with Crippen LogP contribution in [-0.2, 0) is 16.1 Å². The number of benzene rings is 1. The lowest BCUT2D eigenvalue weighted by atomic mass is 9.94. The third kappa shape index (κ3) is 3.75. The molecule has 24 heavy (non-hydrogen) atoms. The molecule has 2 atom stereocenters. The van der Waals surface area contributed by atoms with Gasteiger partial charge in [-0.1, -0.05) is 30.3 Å². The minimum absolute atomic E-state index is 0.00330. The number of halogens is 1. The van der Waals surface area contributed by atoms with E-state index in [9.17, 15) is 14.0 Å². The van der Waals surface area contributed by atoms with E-state index in [-0.39, 0.29) is 24.8 Å². The van der Waals surface area contributed by atoms with Gasteiger partial charge in [-0.2, -0.15) is 0 Å². The van der Waals surface area contributed by atoms with Crippen molar-refractivity contribution >= 4 is 11.8 Å². The first-order valence-corrected chi connectivity index (χ1v) is 8.54. The summed E-state index contributed by atoms with van der Waals surface area (Å²) in [5.41, 5.74) is 6.58. The maximum absolute atomic E-state index is 13.6. The van der Waals surface area contributed by atoms with Crippen molar-refractivity contribution in [1.29, 1.82) is 0 Å². The van der Waals surface area contributed by atoms with Gasteiger partial charge in [0, 0.05) is 18.9 Å². The first-order chi connectivity index (χ1) is 11.5. The predicted octanol–water partition coefficient (Wildman–Crippen LogP) is 1.32. The molecule has 0 aromatic heterocycles. The molecule has 2 amide bonds. The van der Waals surface area contributed by atoms with Crippen molar-refractivity contribution in [3.63, 3.8) is 0 Å². The largest absolute Gasteiger partial charge is 0.368 e. The summed E-state index contributed by atoms with van der Waals surface area (Å²) in [6.07, 6.45) is 0.368. The van der Waals surface area contributed by atoms with Crippen LogP contribution in [0.1, 0.15) is 24.8 Å². The van der Waals surface area contributed by atoms with Crippen LogP contribution in [0.5, 0.6) is 0 Å². The molecule has 1 aromatic carbocycles. The number of nitrogens with zero attached hydrogens (tertiary/aromatic N) is 2. The second-order valence-corrected chi connectivity index (χ2v) is 6.78. The number of piperidine rings is 1. The first-order valence-electron chi connectivity index (χ1n) is 8.54.